The van der Waals surface area contributed by atoms with Gasteiger partial charge in [0, 0.05) is 55.5 Å². The van der Waals surface area contributed by atoms with Gasteiger partial charge >= 0.3 is 0 Å². The highest BCUT2D eigenvalue weighted by Gasteiger charge is 2.34. The molecule has 202 valence electrons. The molecule has 0 aromatic heterocycles. The molecule has 3 aliphatic heterocycles. The molecule has 0 radical (unpaired) electrons. The number of hydrogen-bond acceptors (Lipinski definition) is 7. The molecule has 0 spiro atoms. The summed E-state index contributed by atoms with van der Waals surface area (Å²) >= 11 is 0. The second kappa shape index (κ2) is 13.2. The Labute approximate surface area is 219 Å². The third-order valence-corrected chi connectivity index (χ3v) is 7.54. The van der Waals surface area contributed by atoms with Gasteiger partial charge < -0.3 is 24.6 Å². The fraction of sp³-hybridized carbons (Fsp3) is 0.607. The first-order valence-electron chi connectivity index (χ1n) is 13.6. The summed E-state index contributed by atoms with van der Waals surface area (Å²) in [5, 5.41) is 5.39. The Hall–Kier alpha value is -2.75. The molecule has 3 amide bonds. The highest BCUT2D eigenvalue weighted by atomic mass is 16.5. The molecule has 2 N–H and O–H groups in total. The van der Waals surface area contributed by atoms with Gasteiger partial charge in [-0.25, -0.2) is 0 Å². The smallest absolute Gasteiger partial charge is 0.259 e. The fourth-order valence-corrected chi connectivity index (χ4v) is 5.20. The van der Waals surface area contributed by atoms with Crippen molar-refractivity contribution in [1.29, 1.82) is 0 Å². The third kappa shape index (κ3) is 7.18. The largest absolute Gasteiger partial charge is 0.494 e. The zero-order chi connectivity index (χ0) is 26.2. The number of carbonyl (C=O) groups excluding carboxylic acids is 3. The number of hydrogen-bond donors (Lipinski definition) is 2. The van der Waals surface area contributed by atoms with Crippen LogP contribution in [0.25, 0.3) is 5.70 Å². The molecule has 37 heavy (non-hydrogen) atoms. The first-order chi connectivity index (χ1) is 18.0. The van der Waals surface area contributed by atoms with E-state index in [-0.39, 0.29) is 24.3 Å². The van der Waals surface area contributed by atoms with Crippen molar-refractivity contribution in [2.45, 2.75) is 70.1 Å². The molecule has 1 atom stereocenters. The summed E-state index contributed by atoms with van der Waals surface area (Å²) < 4.78 is 12.1. The molecule has 2 fully saturated rings. The molecule has 1 aromatic carbocycles. The summed E-state index contributed by atoms with van der Waals surface area (Å²) in [6.07, 6.45) is 7.36. The Morgan fingerprint density at radius 3 is 2.68 bits per heavy atom. The van der Waals surface area contributed by atoms with E-state index in [9.17, 15) is 14.4 Å². The van der Waals surface area contributed by atoms with Crippen LogP contribution >= 0.6 is 0 Å². The first-order valence-corrected chi connectivity index (χ1v) is 13.6. The molecular formula is C28H40N4O5. The number of nitrogens with one attached hydrogen (secondary N) is 2. The van der Waals surface area contributed by atoms with Crippen LogP contribution in [-0.4, -0.2) is 85.6 Å². The van der Waals surface area contributed by atoms with Crippen LogP contribution in [-0.2, 0) is 14.3 Å². The molecule has 3 heterocycles. The highest BCUT2D eigenvalue weighted by Crippen LogP contribution is 2.36. The van der Waals surface area contributed by atoms with Crippen LogP contribution in [0.5, 0.6) is 5.75 Å². The van der Waals surface area contributed by atoms with Crippen LogP contribution in [0.3, 0.4) is 0 Å². The summed E-state index contributed by atoms with van der Waals surface area (Å²) in [4.78, 5) is 39.1. The van der Waals surface area contributed by atoms with Crippen molar-refractivity contribution in [3.8, 4) is 5.75 Å². The van der Waals surface area contributed by atoms with Crippen molar-refractivity contribution >= 4 is 23.9 Å². The number of carbonyl (C=O) groups is 3. The number of imide groups is 1. The number of benzene rings is 1. The second-order valence-corrected chi connectivity index (χ2v) is 10.3. The van der Waals surface area contributed by atoms with E-state index >= 15 is 0 Å². The molecule has 9 nitrogen and oxygen atoms in total. The van der Waals surface area contributed by atoms with E-state index in [0.717, 1.165) is 76.1 Å². The Balaban J connectivity index is 1.13. The van der Waals surface area contributed by atoms with Crippen LogP contribution < -0.4 is 15.4 Å². The zero-order valence-corrected chi connectivity index (χ0v) is 21.9. The number of amides is 3. The maximum absolute atomic E-state index is 12.9. The normalized spacial score (nSPS) is 19.4. The molecule has 4 rings (SSSR count). The minimum Gasteiger partial charge on any atom is -0.494 e. The highest BCUT2D eigenvalue weighted by molar-refractivity contribution is 6.09. The van der Waals surface area contributed by atoms with Crippen molar-refractivity contribution in [3.05, 3.63) is 35.9 Å². The van der Waals surface area contributed by atoms with Gasteiger partial charge in [0.1, 0.15) is 5.75 Å². The fourth-order valence-electron chi connectivity index (χ4n) is 5.20. The van der Waals surface area contributed by atoms with Gasteiger partial charge in [0.15, 0.2) is 0 Å². The van der Waals surface area contributed by atoms with E-state index in [0.29, 0.717) is 42.9 Å². The lowest BCUT2D eigenvalue weighted by Crippen LogP contribution is -2.51. The maximum Gasteiger partial charge on any atom is 0.259 e. The average Bonchev–Trinajstić information content (AvgIpc) is 3.12. The van der Waals surface area contributed by atoms with E-state index in [2.05, 4.69) is 22.1 Å². The van der Waals surface area contributed by atoms with Crippen LogP contribution in [0.1, 0.15) is 67.8 Å². The van der Waals surface area contributed by atoms with Gasteiger partial charge in [-0.05, 0) is 70.2 Å². The third-order valence-electron chi connectivity index (χ3n) is 7.54. The van der Waals surface area contributed by atoms with Gasteiger partial charge in [-0.15, -0.1) is 0 Å². The predicted molar refractivity (Wildman–Crippen MR) is 141 cm³/mol. The minimum atomic E-state index is -0.358. The molecular weight excluding hydrogens is 472 g/mol. The predicted octanol–water partition coefficient (Wildman–Crippen LogP) is 2.56. The summed E-state index contributed by atoms with van der Waals surface area (Å²) in [6.45, 7) is 12.0. The van der Waals surface area contributed by atoms with E-state index in [1.165, 1.54) is 0 Å². The first kappa shape index (κ1) is 27.3. The van der Waals surface area contributed by atoms with Crippen molar-refractivity contribution in [1.82, 2.24) is 20.4 Å². The number of unbranched alkanes of at least 4 members (excludes halogenated alkanes) is 2. The topological polar surface area (TPSA) is 100 Å². The standard InChI is InChI=1S/C28H40N4O5/c1-20(6-9-27(34)30-19-33)32-21(2)26-16-23(7-8-25(26)28(32)35)36-15-5-3-4-12-31-13-10-22(11-14-31)37-24-17-29-18-24/h7-8,16,19-20,22,24,29H,2-6,9-15,17-18H2,1H3,(H,30,33,34). The van der Waals surface area contributed by atoms with E-state index in [1.54, 1.807) is 11.0 Å². The van der Waals surface area contributed by atoms with Gasteiger partial charge in [-0.2, -0.15) is 0 Å². The Morgan fingerprint density at radius 2 is 1.97 bits per heavy atom. The van der Waals surface area contributed by atoms with Crippen molar-refractivity contribution < 1.29 is 23.9 Å². The lowest BCUT2D eigenvalue weighted by molar-refractivity contribution is -0.125. The maximum atomic E-state index is 12.9. The van der Waals surface area contributed by atoms with Crippen LogP contribution in [0.4, 0.5) is 0 Å². The number of rotatable bonds is 14. The summed E-state index contributed by atoms with van der Waals surface area (Å²) in [5.74, 6) is 0.255. The molecule has 2 saturated heterocycles. The van der Waals surface area contributed by atoms with E-state index in [4.69, 9.17) is 9.47 Å². The molecule has 3 aliphatic rings. The van der Waals surface area contributed by atoms with Crippen LogP contribution in [0.2, 0.25) is 0 Å². The van der Waals surface area contributed by atoms with Crippen LogP contribution in [0.15, 0.2) is 24.8 Å². The van der Waals surface area contributed by atoms with Crippen molar-refractivity contribution in [2.75, 3.05) is 39.3 Å². The van der Waals surface area contributed by atoms with Gasteiger partial charge in [-0.1, -0.05) is 6.58 Å². The average molecular weight is 513 g/mol. The monoisotopic (exact) mass is 512 g/mol. The minimum absolute atomic E-state index is 0.120. The number of nitrogens with zero attached hydrogens (tertiary/aromatic N) is 2. The number of likely N-dealkylation sites (tertiary alicyclic amines) is 1. The van der Waals surface area contributed by atoms with Gasteiger partial charge in [0.25, 0.3) is 5.91 Å². The molecule has 1 unspecified atom stereocenters. The Morgan fingerprint density at radius 1 is 1.19 bits per heavy atom. The van der Waals surface area contributed by atoms with Gasteiger partial charge in [0.05, 0.1) is 18.8 Å². The number of ether oxygens (including phenoxy) is 2. The lowest BCUT2D eigenvalue weighted by Gasteiger charge is -2.36. The summed E-state index contributed by atoms with van der Waals surface area (Å²) in [6, 6.07) is 5.29. The second-order valence-electron chi connectivity index (χ2n) is 10.3. The lowest BCUT2D eigenvalue weighted by atomic mass is 10.1. The Bertz CT molecular complexity index is 971. The molecule has 1 aromatic rings. The van der Waals surface area contributed by atoms with Crippen LogP contribution in [0, 0.1) is 0 Å². The zero-order valence-electron chi connectivity index (χ0n) is 21.9. The van der Waals surface area contributed by atoms with Gasteiger partial charge in [-0.3, -0.25) is 19.7 Å². The number of piperidine rings is 1. The molecule has 9 heteroatoms. The van der Waals surface area contributed by atoms with E-state index < -0.39 is 0 Å². The number of fused-ring (bicyclic) bond motifs is 1. The molecule has 0 saturated carbocycles. The van der Waals surface area contributed by atoms with Crippen molar-refractivity contribution in [2.24, 2.45) is 0 Å². The Kier molecular flexibility index (Phi) is 9.71. The van der Waals surface area contributed by atoms with E-state index in [1.807, 2.05) is 19.1 Å². The summed E-state index contributed by atoms with van der Waals surface area (Å²) in [5.41, 5.74) is 1.99. The summed E-state index contributed by atoms with van der Waals surface area (Å²) in [7, 11) is 0. The quantitative estimate of drug-likeness (QED) is 0.292. The molecule has 0 bridgehead atoms. The van der Waals surface area contributed by atoms with Crippen molar-refractivity contribution in [3.63, 3.8) is 0 Å². The SMILES string of the molecule is C=C1c2cc(OCCCCCN3CCC(OC4CNC4)CC3)ccc2C(=O)N1C(C)CCC(=O)NC=O. The van der Waals surface area contributed by atoms with Gasteiger partial charge in [0.2, 0.25) is 12.3 Å². The molecule has 0 aliphatic carbocycles.